The first-order valence-electron chi connectivity index (χ1n) is 6.84. The van der Waals surface area contributed by atoms with E-state index in [1.807, 2.05) is 13.0 Å². The average Bonchev–Trinajstić information content (AvgIpc) is 2.43. The van der Waals surface area contributed by atoms with Crippen molar-refractivity contribution in [2.75, 3.05) is 5.32 Å². The van der Waals surface area contributed by atoms with Crippen molar-refractivity contribution in [1.29, 1.82) is 0 Å². The van der Waals surface area contributed by atoms with Gasteiger partial charge in [0.05, 0.1) is 6.04 Å². The van der Waals surface area contributed by atoms with E-state index in [-0.39, 0.29) is 5.82 Å². The molecule has 0 spiro atoms. The van der Waals surface area contributed by atoms with Gasteiger partial charge in [-0.05, 0) is 55.0 Å². The minimum Gasteiger partial charge on any atom is -0.378 e. The smallest absolute Gasteiger partial charge is 0.125 e. The minimum absolute atomic E-state index is 0.183. The highest BCUT2D eigenvalue weighted by Gasteiger charge is 2.19. The molecule has 1 nitrogen and oxygen atoms in total. The van der Waals surface area contributed by atoms with Crippen molar-refractivity contribution in [2.45, 2.75) is 32.2 Å². The zero-order valence-corrected chi connectivity index (χ0v) is 11.1. The monoisotopic (exact) mass is 255 g/mol. The Morgan fingerprint density at radius 3 is 2.89 bits per heavy atom. The fourth-order valence-corrected chi connectivity index (χ4v) is 2.84. The summed E-state index contributed by atoms with van der Waals surface area (Å²) in [7, 11) is 0. The molecule has 0 aliphatic heterocycles. The van der Waals surface area contributed by atoms with Gasteiger partial charge in [-0.25, -0.2) is 4.39 Å². The van der Waals surface area contributed by atoms with Crippen LogP contribution in [0.15, 0.2) is 42.5 Å². The molecule has 1 unspecified atom stereocenters. The van der Waals surface area contributed by atoms with E-state index in [1.54, 1.807) is 6.07 Å². The summed E-state index contributed by atoms with van der Waals surface area (Å²) >= 11 is 0. The predicted octanol–water partition coefficient (Wildman–Crippen LogP) is 4.62. The number of fused-ring (bicyclic) bond motifs is 1. The lowest BCUT2D eigenvalue weighted by molar-refractivity contribution is 0.597. The van der Waals surface area contributed by atoms with Gasteiger partial charge in [-0.1, -0.05) is 30.3 Å². The minimum atomic E-state index is -0.183. The number of rotatable bonds is 2. The highest BCUT2D eigenvalue weighted by atomic mass is 19.1. The third-order valence-corrected chi connectivity index (χ3v) is 3.90. The molecule has 2 aromatic rings. The maximum absolute atomic E-state index is 13.4. The number of hydrogen-bond acceptors (Lipinski definition) is 1. The van der Waals surface area contributed by atoms with Gasteiger partial charge in [0.2, 0.25) is 0 Å². The second kappa shape index (κ2) is 5.04. The van der Waals surface area contributed by atoms with Crippen molar-refractivity contribution >= 4 is 5.69 Å². The van der Waals surface area contributed by atoms with Crippen molar-refractivity contribution in [3.63, 3.8) is 0 Å². The molecule has 1 aliphatic rings. The first-order valence-corrected chi connectivity index (χ1v) is 6.84. The molecule has 0 radical (unpaired) electrons. The number of aryl methyl sites for hydroxylation is 2. The van der Waals surface area contributed by atoms with Crippen LogP contribution in [0.5, 0.6) is 0 Å². The van der Waals surface area contributed by atoms with Gasteiger partial charge in [0.25, 0.3) is 0 Å². The van der Waals surface area contributed by atoms with Crippen molar-refractivity contribution in [2.24, 2.45) is 0 Å². The van der Waals surface area contributed by atoms with Crippen LogP contribution in [0.25, 0.3) is 0 Å². The van der Waals surface area contributed by atoms with Crippen LogP contribution in [-0.2, 0) is 6.42 Å². The normalized spacial score (nSPS) is 17.9. The van der Waals surface area contributed by atoms with E-state index < -0.39 is 0 Å². The summed E-state index contributed by atoms with van der Waals surface area (Å²) in [6.07, 6.45) is 3.44. The molecule has 2 aromatic carbocycles. The molecule has 0 aromatic heterocycles. The third-order valence-electron chi connectivity index (χ3n) is 3.90. The van der Waals surface area contributed by atoms with Gasteiger partial charge in [0.1, 0.15) is 5.82 Å². The lowest BCUT2D eigenvalue weighted by atomic mass is 9.87. The van der Waals surface area contributed by atoms with Gasteiger partial charge in [0, 0.05) is 5.69 Å². The van der Waals surface area contributed by atoms with E-state index >= 15 is 0 Å². The number of anilines is 1. The second-order valence-corrected chi connectivity index (χ2v) is 5.25. The summed E-state index contributed by atoms with van der Waals surface area (Å²) in [6, 6.07) is 13.8. The number of nitrogens with one attached hydrogen (secondary N) is 1. The molecule has 1 atom stereocenters. The van der Waals surface area contributed by atoms with Crippen LogP contribution in [0.3, 0.4) is 0 Å². The maximum Gasteiger partial charge on any atom is 0.125 e. The molecule has 1 aliphatic carbocycles. The van der Waals surface area contributed by atoms with E-state index in [4.69, 9.17) is 0 Å². The molecule has 0 heterocycles. The van der Waals surface area contributed by atoms with Crippen molar-refractivity contribution in [3.8, 4) is 0 Å². The molecule has 0 fully saturated rings. The standard InChI is InChI=1S/C17H18FN/c1-12-9-10-14(18)11-17(12)19-16-8-4-6-13-5-2-3-7-15(13)16/h2-3,5,7,9-11,16,19H,4,6,8H2,1H3. The van der Waals surface area contributed by atoms with Gasteiger partial charge < -0.3 is 5.32 Å². The molecular weight excluding hydrogens is 237 g/mol. The number of hydrogen-bond donors (Lipinski definition) is 1. The van der Waals surface area contributed by atoms with Crippen LogP contribution in [0.4, 0.5) is 10.1 Å². The topological polar surface area (TPSA) is 12.0 Å². The fourth-order valence-electron chi connectivity index (χ4n) is 2.84. The Hall–Kier alpha value is -1.83. The molecule has 0 saturated heterocycles. The Morgan fingerprint density at radius 1 is 1.16 bits per heavy atom. The van der Waals surface area contributed by atoms with E-state index in [2.05, 4.69) is 29.6 Å². The molecule has 0 saturated carbocycles. The van der Waals surface area contributed by atoms with Crippen molar-refractivity contribution < 1.29 is 4.39 Å². The lowest BCUT2D eigenvalue weighted by Crippen LogP contribution is -2.17. The zero-order chi connectivity index (χ0) is 13.2. The summed E-state index contributed by atoms with van der Waals surface area (Å²) in [4.78, 5) is 0. The summed E-state index contributed by atoms with van der Waals surface area (Å²) in [5.74, 6) is -0.183. The second-order valence-electron chi connectivity index (χ2n) is 5.25. The Labute approximate surface area is 113 Å². The molecule has 1 N–H and O–H groups in total. The van der Waals surface area contributed by atoms with E-state index in [0.717, 1.165) is 24.1 Å². The molecule has 0 bridgehead atoms. The molecule has 98 valence electrons. The van der Waals surface area contributed by atoms with Crippen LogP contribution < -0.4 is 5.32 Å². The molecular formula is C17H18FN. The molecule has 19 heavy (non-hydrogen) atoms. The highest BCUT2D eigenvalue weighted by Crippen LogP contribution is 2.33. The van der Waals surface area contributed by atoms with Crippen LogP contribution in [0.1, 0.15) is 35.6 Å². The van der Waals surface area contributed by atoms with E-state index in [9.17, 15) is 4.39 Å². The van der Waals surface area contributed by atoms with Gasteiger partial charge >= 0.3 is 0 Å². The summed E-state index contributed by atoms with van der Waals surface area (Å²) in [5, 5.41) is 3.51. The summed E-state index contributed by atoms with van der Waals surface area (Å²) in [6.45, 7) is 2.01. The van der Waals surface area contributed by atoms with Crippen LogP contribution in [-0.4, -0.2) is 0 Å². The predicted molar refractivity (Wildman–Crippen MR) is 76.9 cm³/mol. The Kier molecular flexibility index (Phi) is 3.24. The van der Waals surface area contributed by atoms with Crippen molar-refractivity contribution in [3.05, 3.63) is 65.0 Å². The molecule has 3 rings (SSSR count). The lowest BCUT2D eigenvalue weighted by Gasteiger charge is -2.27. The van der Waals surface area contributed by atoms with Gasteiger partial charge in [-0.2, -0.15) is 0 Å². The Balaban J connectivity index is 1.90. The molecule has 0 amide bonds. The number of benzene rings is 2. The van der Waals surface area contributed by atoms with Crippen LogP contribution in [0.2, 0.25) is 0 Å². The van der Waals surface area contributed by atoms with Crippen LogP contribution in [0, 0.1) is 12.7 Å². The first kappa shape index (κ1) is 12.2. The van der Waals surface area contributed by atoms with Crippen LogP contribution >= 0.6 is 0 Å². The van der Waals surface area contributed by atoms with E-state index in [1.165, 1.54) is 23.6 Å². The summed E-state index contributed by atoms with van der Waals surface area (Å²) in [5.41, 5.74) is 4.77. The summed E-state index contributed by atoms with van der Waals surface area (Å²) < 4.78 is 13.4. The third kappa shape index (κ3) is 2.48. The van der Waals surface area contributed by atoms with Gasteiger partial charge in [-0.3, -0.25) is 0 Å². The fraction of sp³-hybridized carbons (Fsp3) is 0.294. The maximum atomic E-state index is 13.4. The first-order chi connectivity index (χ1) is 9.24. The van der Waals surface area contributed by atoms with Gasteiger partial charge in [-0.15, -0.1) is 0 Å². The largest absolute Gasteiger partial charge is 0.378 e. The highest BCUT2D eigenvalue weighted by molar-refractivity contribution is 5.53. The van der Waals surface area contributed by atoms with E-state index in [0.29, 0.717) is 6.04 Å². The SMILES string of the molecule is Cc1ccc(F)cc1NC1CCCc2ccccc21. The van der Waals surface area contributed by atoms with Crippen molar-refractivity contribution in [1.82, 2.24) is 0 Å². The Morgan fingerprint density at radius 2 is 2.00 bits per heavy atom. The Bertz CT molecular complexity index is 592. The quantitative estimate of drug-likeness (QED) is 0.825. The molecule has 2 heteroatoms. The average molecular weight is 255 g/mol. The number of halogens is 1. The zero-order valence-electron chi connectivity index (χ0n) is 11.1. The van der Waals surface area contributed by atoms with Gasteiger partial charge in [0.15, 0.2) is 0 Å².